The fraction of sp³-hybridized carbons (Fsp3) is 0. The van der Waals surface area contributed by atoms with E-state index in [9.17, 15) is 0 Å². The molecule has 0 saturated carbocycles. The molecule has 0 aliphatic heterocycles. The van der Waals surface area contributed by atoms with Crippen molar-refractivity contribution in [3.05, 3.63) is 63.1 Å². The molecule has 0 fully saturated rings. The molecule has 0 atom stereocenters. The van der Waals surface area contributed by atoms with Crippen LogP contribution in [0.25, 0.3) is 11.4 Å². The summed E-state index contributed by atoms with van der Waals surface area (Å²) >= 11 is 17.3. The molecule has 0 saturated heterocycles. The molecular formula is C14H9Cl2N5S. The lowest BCUT2D eigenvalue weighted by Crippen LogP contribution is -1.95. The van der Waals surface area contributed by atoms with E-state index in [1.165, 1.54) is 4.68 Å². The summed E-state index contributed by atoms with van der Waals surface area (Å²) in [7, 11) is 0. The Hall–Kier alpha value is -2.02. The van der Waals surface area contributed by atoms with E-state index < -0.39 is 0 Å². The Labute approximate surface area is 141 Å². The van der Waals surface area contributed by atoms with Gasteiger partial charge in [-0.1, -0.05) is 35.3 Å². The molecule has 22 heavy (non-hydrogen) atoms. The molecule has 0 aliphatic rings. The molecule has 0 amide bonds. The highest BCUT2D eigenvalue weighted by atomic mass is 35.5. The Morgan fingerprint density at radius 3 is 2.73 bits per heavy atom. The van der Waals surface area contributed by atoms with Crippen LogP contribution in [0.2, 0.25) is 10.0 Å². The number of pyridine rings is 1. The fourth-order valence-corrected chi connectivity index (χ4v) is 2.36. The second-order valence-corrected chi connectivity index (χ2v) is 5.46. The summed E-state index contributed by atoms with van der Waals surface area (Å²) in [5.74, 6) is 0.585. The second kappa shape index (κ2) is 6.39. The summed E-state index contributed by atoms with van der Waals surface area (Å²) in [5, 5.41) is 12.2. The largest absolute Gasteiger partial charge is 0.265 e. The first kappa shape index (κ1) is 14.9. The molecule has 5 nitrogen and oxygen atoms in total. The van der Waals surface area contributed by atoms with Crippen LogP contribution >= 0.6 is 35.4 Å². The Morgan fingerprint density at radius 2 is 1.95 bits per heavy atom. The van der Waals surface area contributed by atoms with Gasteiger partial charge < -0.3 is 0 Å². The summed E-state index contributed by atoms with van der Waals surface area (Å²) in [6.45, 7) is 0. The van der Waals surface area contributed by atoms with E-state index in [0.717, 1.165) is 5.56 Å². The van der Waals surface area contributed by atoms with Crippen molar-refractivity contribution in [2.45, 2.75) is 0 Å². The van der Waals surface area contributed by atoms with Crippen molar-refractivity contribution < 1.29 is 0 Å². The van der Waals surface area contributed by atoms with Gasteiger partial charge in [-0.25, -0.2) is 5.10 Å². The first-order valence-corrected chi connectivity index (χ1v) is 7.39. The minimum atomic E-state index is 0.376. The van der Waals surface area contributed by atoms with Crippen LogP contribution in [-0.4, -0.2) is 26.1 Å². The van der Waals surface area contributed by atoms with Crippen LogP contribution in [0.5, 0.6) is 0 Å². The third kappa shape index (κ3) is 2.94. The van der Waals surface area contributed by atoms with Crippen molar-refractivity contribution in [2.24, 2.45) is 5.10 Å². The van der Waals surface area contributed by atoms with Crippen molar-refractivity contribution >= 4 is 41.6 Å². The van der Waals surface area contributed by atoms with Crippen LogP contribution < -0.4 is 0 Å². The topological polar surface area (TPSA) is 58.9 Å². The van der Waals surface area contributed by atoms with Crippen molar-refractivity contribution in [1.82, 2.24) is 19.9 Å². The fourth-order valence-electron chi connectivity index (χ4n) is 1.83. The average molecular weight is 350 g/mol. The number of aromatic amines is 1. The molecule has 3 aromatic rings. The molecule has 0 bridgehead atoms. The maximum atomic E-state index is 6.14. The van der Waals surface area contributed by atoms with Crippen LogP contribution in [0.3, 0.4) is 0 Å². The molecular weight excluding hydrogens is 341 g/mol. The number of hydrogen-bond acceptors (Lipinski definition) is 4. The first-order chi connectivity index (χ1) is 10.7. The monoisotopic (exact) mass is 349 g/mol. The van der Waals surface area contributed by atoms with E-state index in [1.54, 1.807) is 30.7 Å². The van der Waals surface area contributed by atoms with Gasteiger partial charge >= 0.3 is 0 Å². The second-order valence-electron chi connectivity index (χ2n) is 4.29. The normalized spacial score (nSPS) is 11.2. The van der Waals surface area contributed by atoms with Crippen LogP contribution in [0.15, 0.2) is 47.8 Å². The van der Waals surface area contributed by atoms with Crippen LogP contribution in [0.4, 0.5) is 0 Å². The van der Waals surface area contributed by atoms with Crippen molar-refractivity contribution in [3.63, 3.8) is 0 Å². The number of nitrogens with zero attached hydrogens (tertiary/aromatic N) is 4. The van der Waals surface area contributed by atoms with E-state index in [-0.39, 0.29) is 0 Å². The molecule has 2 heterocycles. The summed E-state index contributed by atoms with van der Waals surface area (Å²) in [5.41, 5.74) is 1.54. The highest BCUT2D eigenvalue weighted by Gasteiger charge is 2.08. The summed E-state index contributed by atoms with van der Waals surface area (Å²) < 4.78 is 1.89. The van der Waals surface area contributed by atoms with E-state index in [4.69, 9.17) is 35.4 Å². The lowest BCUT2D eigenvalue weighted by molar-refractivity contribution is 0.871. The Bertz CT molecular complexity index is 886. The SMILES string of the molecule is S=c1[nH]nc(-c2ccncc2)n1/N=C\c1cccc(Cl)c1Cl. The third-order valence-corrected chi connectivity index (χ3v) is 3.98. The van der Waals surface area contributed by atoms with Gasteiger partial charge in [-0.05, 0) is 30.4 Å². The van der Waals surface area contributed by atoms with Gasteiger partial charge in [0.15, 0.2) is 5.82 Å². The predicted octanol–water partition coefficient (Wildman–Crippen LogP) is 4.19. The van der Waals surface area contributed by atoms with Crippen molar-refractivity contribution in [3.8, 4) is 11.4 Å². The zero-order valence-electron chi connectivity index (χ0n) is 11.1. The number of halogens is 2. The quantitative estimate of drug-likeness (QED) is 0.569. The van der Waals surface area contributed by atoms with E-state index in [1.807, 2.05) is 18.2 Å². The van der Waals surface area contributed by atoms with Crippen LogP contribution in [0, 0.1) is 4.77 Å². The van der Waals surface area contributed by atoms with Crippen LogP contribution in [-0.2, 0) is 0 Å². The maximum absolute atomic E-state index is 6.14. The summed E-state index contributed by atoms with van der Waals surface area (Å²) in [6, 6.07) is 8.97. The number of benzene rings is 1. The minimum Gasteiger partial charge on any atom is -0.265 e. The molecule has 0 aliphatic carbocycles. The summed E-state index contributed by atoms with van der Waals surface area (Å²) in [4.78, 5) is 3.98. The molecule has 0 spiro atoms. The molecule has 110 valence electrons. The first-order valence-electron chi connectivity index (χ1n) is 6.23. The predicted molar refractivity (Wildman–Crippen MR) is 90.1 cm³/mol. The lowest BCUT2D eigenvalue weighted by Gasteiger charge is -2.02. The average Bonchev–Trinajstić information content (AvgIpc) is 2.91. The number of nitrogens with one attached hydrogen (secondary N) is 1. The zero-order chi connectivity index (χ0) is 15.5. The highest BCUT2D eigenvalue weighted by molar-refractivity contribution is 7.71. The maximum Gasteiger partial charge on any atom is 0.216 e. The van der Waals surface area contributed by atoms with Gasteiger partial charge in [-0.3, -0.25) is 4.98 Å². The lowest BCUT2D eigenvalue weighted by atomic mass is 10.2. The van der Waals surface area contributed by atoms with Gasteiger partial charge in [-0.2, -0.15) is 14.9 Å². The Kier molecular flexibility index (Phi) is 4.33. The number of H-pyrrole nitrogens is 1. The van der Waals surface area contributed by atoms with E-state index >= 15 is 0 Å². The van der Waals surface area contributed by atoms with Gasteiger partial charge in [0, 0.05) is 23.5 Å². The van der Waals surface area contributed by atoms with Crippen molar-refractivity contribution in [2.75, 3.05) is 0 Å². The molecule has 3 rings (SSSR count). The number of aromatic nitrogens is 4. The Balaban J connectivity index is 2.03. The third-order valence-electron chi connectivity index (χ3n) is 2.88. The van der Waals surface area contributed by atoms with Gasteiger partial charge in [0.05, 0.1) is 16.3 Å². The smallest absolute Gasteiger partial charge is 0.216 e. The zero-order valence-corrected chi connectivity index (χ0v) is 13.4. The van der Waals surface area contributed by atoms with Crippen LogP contribution in [0.1, 0.15) is 5.56 Å². The Morgan fingerprint density at radius 1 is 1.18 bits per heavy atom. The molecule has 8 heteroatoms. The standard InChI is InChI=1S/C14H9Cl2N5S/c15-11-3-1-2-10(12(11)16)8-18-21-13(19-20-14(21)22)9-4-6-17-7-5-9/h1-8H,(H,20,22)/b18-8-. The molecule has 0 radical (unpaired) electrons. The number of rotatable bonds is 3. The summed E-state index contributed by atoms with van der Waals surface area (Å²) in [6.07, 6.45) is 4.94. The molecule has 0 unspecified atom stereocenters. The molecule has 1 N–H and O–H groups in total. The molecule has 1 aromatic carbocycles. The van der Waals surface area contributed by atoms with E-state index in [2.05, 4.69) is 20.3 Å². The van der Waals surface area contributed by atoms with Gasteiger partial charge in [0.25, 0.3) is 0 Å². The van der Waals surface area contributed by atoms with Crippen molar-refractivity contribution in [1.29, 1.82) is 0 Å². The van der Waals surface area contributed by atoms with Gasteiger partial charge in [0.1, 0.15) is 0 Å². The van der Waals surface area contributed by atoms with Gasteiger partial charge in [-0.15, -0.1) is 0 Å². The molecule has 2 aromatic heterocycles. The number of hydrogen-bond donors (Lipinski definition) is 1. The minimum absolute atomic E-state index is 0.376. The van der Waals surface area contributed by atoms with E-state index in [0.29, 0.717) is 26.2 Å². The highest BCUT2D eigenvalue weighted by Crippen LogP contribution is 2.24. The van der Waals surface area contributed by atoms with Gasteiger partial charge in [0.2, 0.25) is 4.77 Å².